The Hall–Kier alpha value is -0.730. The van der Waals surface area contributed by atoms with Gasteiger partial charge in [0.05, 0.1) is 19.3 Å². The second kappa shape index (κ2) is 9.22. The van der Waals surface area contributed by atoms with Crippen molar-refractivity contribution in [1.29, 1.82) is 0 Å². The fourth-order valence-corrected chi connectivity index (χ4v) is 1.42. The normalized spacial score (nSPS) is 15.1. The summed E-state index contributed by atoms with van der Waals surface area (Å²) in [4.78, 5) is 20.9. The van der Waals surface area contributed by atoms with Gasteiger partial charge in [-0.3, -0.25) is 4.89 Å². The Morgan fingerprint density at radius 1 is 1.37 bits per heavy atom. The first-order chi connectivity index (χ1) is 8.84. The number of ether oxygens (including phenoxy) is 1. The Bertz CT molecular complexity index is 252. The van der Waals surface area contributed by atoms with Crippen molar-refractivity contribution in [3.05, 3.63) is 0 Å². The highest BCUT2D eigenvalue weighted by Crippen LogP contribution is 2.17. The first-order valence-corrected chi connectivity index (χ1v) is 6.30. The standard InChI is InChI=1S/C12H24O7/c1-5-6-12(3,4)18-19-17-11(15)10(9(2)14)16-8-7-13/h9-10,13-14H,5-8H2,1-4H3. The zero-order valence-electron chi connectivity index (χ0n) is 11.9. The second-order valence-corrected chi connectivity index (χ2v) is 4.82. The molecule has 0 aliphatic heterocycles. The highest BCUT2D eigenvalue weighted by atomic mass is 17.5. The number of aliphatic hydroxyl groups is 2. The average Bonchev–Trinajstić information content (AvgIpc) is 2.28. The van der Waals surface area contributed by atoms with Crippen LogP contribution in [0.4, 0.5) is 0 Å². The van der Waals surface area contributed by atoms with Crippen molar-refractivity contribution in [2.75, 3.05) is 13.2 Å². The van der Waals surface area contributed by atoms with E-state index in [0.29, 0.717) is 0 Å². The summed E-state index contributed by atoms with van der Waals surface area (Å²) in [6.45, 7) is 6.58. The summed E-state index contributed by atoms with van der Waals surface area (Å²) >= 11 is 0. The van der Waals surface area contributed by atoms with Crippen molar-refractivity contribution in [3.8, 4) is 0 Å². The lowest BCUT2D eigenvalue weighted by molar-refractivity contribution is -0.518. The van der Waals surface area contributed by atoms with Crippen molar-refractivity contribution in [3.63, 3.8) is 0 Å². The lowest BCUT2D eigenvalue weighted by Gasteiger charge is -2.22. The molecular weight excluding hydrogens is 256 g/mol. The van der Waals surface area contributed by atoms with E-state index < -0.39 is 23.8 Å². The largest absolute Gasteiger partial charge is 0.394 e. The molecule has 7 heteroatoms. The Balaban J connectivity index is 4.12. The van der Waals surface area contributed by atoms with Gasteiger partial charge in [0.1, 0.15) is 5.60 Å². The fraction of sp³-hybridized carbons (Fsp3) is 0.917. The Morgan fingerprint density at radius 3 is 2.47 bits per heavy atom. The van der Waals surface area contributed by atoms with Crippen molar-refractivity contribution < 1.29 is 34.6 Å². The van der Waals surface area contributed by atoms with Crippen LogP contribution in [0.15, 0.2) is 0 Å². The summed E-state index contributed by atoms with van der Waals surface area (Å²) in [5.41, 5.74) is -0.582. The molecule has 0 aliphatic carbocycles. The molecule has 2 N–H and O–H groups in total. The third-order valence-corrected chi connectivity index (χ3v) is 2.29. The molecule has 0 saturated carbocycles. The van der Waals surface area contributed by atoms with Gasteiger partial charge in [-0.15, -0.1) is 0 Å². The molecule has 0 aromatic rings. The average molecular weight is 280 g/mol. The van der Waals surface area contributed by atoms with Crippen LogP contribution in [0.3, 0.4) is 0 Å². The summed E-state index contributed by atoms with van der Waals surface area (Å²) in [5.74, 6) is -0.921. The molecule has 0 radical (unpaired) electrons. The predicted molar refractivity (Wildman–Crippen MR) is 65.8 cm³/mol. The van der Waals surface area contributed by atoms with Crippen molar-refractivity contribution in [2.24, 2.45) is 0 Å². The summed E-state index contributed by atoms with van der Waals surface area (Å²) in [5, 5.41) is 22.4. The molecule has 0 amide bonds. The maximum atomic E-state index is 11.5. The monoisotopic (exact) mass is 280 g/mol. The van der Waals surface area contributed by atoms with Crippen LogP contribution in [-0.2, 0) is 24.3 Å². The predicted octanol–water partition coefficient (Wildman–Crippen LogP) is 0.730. The molecule has 2 unspecified atom stereocenters. The smallest absolute Gasteiger partial charge is 0.376 e. The molecule has 0 aromatic carbocycles. The molecule has 0 saturated heterocycles. The maximum absolute atomic E-state index is 11.5. The van der Waals surface area contributed by atoms with Gasteiger partial charge < -0.3 is 14.9 Å². The van der Waals surface area contributed by atoms with Gasteiger partial charge in [0, 0.05) is 0 Å². The van der Waals surface area contributed by atoms with Crippen molar-refractivity contribution in [2.45, 2.75) is 58.3 Å². The molecule has 7 nitrogen and oxygen atoms in total. The molecule has 114 valence electrons. The van der Waals surface area contributed by atoms with Crippen LogP contribution in [0, 0.1) is 0 Å². The molecule has 0 bridgehead atoms. The topological polar surface area (TPSA) is 94.5 Å². The minimum absolute atomic E-state index is 0.0904. The van der Waals surface area contributed by atoms with E-state index in [-0.39, 0.29) is 13.2 Å². The first-order valence-electron chi connectivity index (χ1n) is 6.30. The Labute approximate surface area is 113 Å². The minimum Gasteiger partial charge on any atom is -0.394 e. The highest BCUT2D eigenvalue weighted by molar-refractivity contribution is 5.74. The van der Waals surface area contributed by atoms with E-state index in [1.54, 1.807) is 13.8 Å². The van der Waals surface area contributed by atoms with Gasteiger partial charge in [-0.25, -0.2) is 4.79 Å². The number of rotatable bonds is 10. The second-order valence-electron chi connectivity index (χ2n) is 4.82. The highest BCUT2D eigenvalue weighted by Gasteiger charge is 2.28. The fourth-order valence-electron chi connectivity index (χ4n) is 1.42. The van der Waals surface area contributed by atoms with Gasteiger partial charge in [0.25, 0.3) is 0 Å². The minimum atomic E-state index is -1.23. The van der Waals surface area contributed by atoms with Crippen LogP contribution in [0.1, 0.15) is 40.5 Å². The first kappa shape index (κ1) is 18.3. The van der Waals surface area contributed by atoms with Gasteiger partial charge in [0.15, 0.2) is 6.10 Å². The summed E-state index contributed by atoms with van der Waals surface area (Å²) in [6.07, 6.45) is -0.706. The lowest BCUT2D eigenvalue weighted by Crippen LogP contribution is -2.37. The van der Waals surface area contributed by atoms with Gasteiger partial charge in [-0.2, -0.15) is 4.89 Å². The number of carbonyl (C=O) groups excluding carboxylic acids is 1. The molecule has 19 heavy (non-hydrogen) atoms. The molecule has 0 fully saturated rings. The van der Waals surface area contributed by atoms with Crippen LogP contribution in [0.5, 0.6) is 0 Å². The SMILES string of the molecule is CCCC(C)(C)OOOC(=O)C(OCCO)C(C)O. The molecule has 0 aliphatic rings. The molecular formula is C12H24O7. The van der Waals surface area contributed by atoms with Crippen molar-refractivity contribution >= 4 is 5.97 Å². The van der Waals surface area contributed by atoms with Crippen LogP contribution in [0.25, 0.3) is 0 Å². The lowest BCUT2D eigenvalue weighted by atomic mass is 10.0. The zero-order chi connectivity index (χ0) is 14.9. The maximum Gasteiger partial charge on any atom is 0.376 e. The van der Waals surface area contributed by atoms with Gasteiger partial charge in [-0.05, 0) is 32.2 Å². The number of hydrogen-bond donors (Lipinski definition) is 2. The molecule has 0 aromatic heterocycles. The molecule has 0 spiro atoms. The van der Waals surface area contributed by atoms with Crippen LogP contribution in [0.2, 0.25) is 0 Å². The van der Waals surface area contributed by atoms with E-state index >= 15 is 0 Å². The van der Waals surface area contributed by atoms with E-state index in [9.17, 15) is 9.90 Å². The van der Waals surface area contributed by atoms with E-state index in [2.05, 4.69) is 9.93 Å². The van der Waals surface area contributed by atoms with Crippen LogP contribution < -0.4 is 0 Å². The van der Waals surface area contributed by atoms with Crippen LogP contribution in [-0.4, -0.2) is 47.2 Å². The van der Waals surface area contributed by atoms with Crippen molar-refractivity contribution in [1.82, 2.24) is 0 Å². The summed E-state index contributed by atoms with van der Waals surface area (Å²) in [6, 6.07) is 0. The Morgan fingerprint density at radius 2 is 2.00 bits per heavy atom. The summed E-state index contributed by atoms with van der Waals surface area (Å²) in [7, 11) is 0. The third kappa shape index (κ3) is 8.12. The number of hydrogen-bond acceptors (Lipinski definition) is 7. The van der Waals surface area contributed by atoms with Gasteiger partial charge in [-0.1, -0.05) is 13.3 Å². The van der Waals surface area contributed by atoms with E-state index in [0.717, 1.165) is 12.8 Å². The molecule has 2 atom stereocenters. The van der Waals surface area contributed by atoms with E-state index in [1.807, 2.05) is 6.92 Å². The molecule has 0 heterocycles. The number of carbonyl (C=O) groups is 1. The summed E-state index contributed by atoms with van der Waals surface area (Å²) < 4.78 is 4.93. The van der Waals surface area contributed by atoms with Crippen LogP contribution >= 0.6 is 0 Å². The van der Waals surface area contributed by atoms with E-state index in [1.165, 1.54) is 6.92 Å². The van der Waals surface area contributed by atoms with Gasteiger partial charge >= 0.3 is 5.97 Å². The number of aliphatic hydroxyl groups excluding tert-OH is 2. The quantitative estimate of drug-likeness (QED) is 0.450. The Kier molecular flexibility index (Phi) is 8.86. The molecule has 0 rings (SSSR count). The van der Waals surface area contributed by atoms with Gasteiger partial charge in [0.2, 0.25) is 0 Å². The van der Waals surface area contributed by atoms with E-state index in [4.69, 9.17) is 14.7 Å². The zero-order valence-corrected chi connectivity index (χ0v) is 11.9. The third-order valence-electron chi connectivity index (χ3n) is 2.29.